The van der Waals surface area contributed by atoms with Crippen molar-refractivity contribution < 1.29 is 5.11 Å². The maximum atomic E-state index is 9.31. The number of aryl methyl sites for hydroxylation is 1. The third-order valence-electron chi connectivity index (χ3n) is 3.80. The predicted molar refractivity (Wildman–Crippen MR) is 69.0 cm³/mol. The molecule has 1 saturated heterocycles. The number of rotatable bonds is 5. The van der Waals surface area contributed by atoms with E-state index >= 15 is 0 Å². The van der Waals surface area contributed by atoms with E-state index in [4.69, 9.17) is 0 Å². The van der Waals surface area contributed by atoms with E-state index in [1.54, 1.807) is 0 Å². The van der Waals surface area contributed by atoms with Gasteiger partial charge in [-0.2, -0.15) is 0 Å². The molecule has 1 aromatic heterocycles. The molecule has 1 N–H and O–H groups in total. The monoisotopic (exact) mass is 253 g/mol. The molecule has 2 rings (SSSR count). The standard InChI is InChI=1S/C12H23N5O/c1-3-11(10-18)17-6-4-16(5-7-17)9-12-8-13-14-15(12)2/h8,11,18H,3-7,9-10H2,1-2H3. The van der Waals surface area contributed by atoms with Crippen LogP contribution in [0.3, 0.4) is 0 Å². The first kappa shape index (κ1) is 13.5. The van der Waals surface area contributed by atoms with Gasteiger partial charge in [0.25, 0.3) is 0 Å². The molecule has 2 heterocycles. The van der Waals surface area contributed by atoms with Gasteiger partial charge in [-0.05, 0) is 6.42 Å². The maximum absolute atomic E-state index is 9.31. The minimum atomic E-state index is 0.266. The number of nitrogens with zero attached hydrogens (tertiary/aromatic N) is 5. The minimum Gasteiger partial charge on any atom is -0.395 e. The van der Waals surface area contributed by atoms with Gasteiger partial charge in [0.2, 0.25) is 0 Å². The molecule has 6 nitrogen and oxygen atoms in total. The van der Waals surface area contributed by atoms with Crippen molar-refractivity contribution in [2.75, 3.05) is 32.8 Å². The number of hydrogen-bond donors (Lipinski definition) is 1. The van der Waals surface area contributed by atoms with Crippen molar-refractivity contribution in [1.29, 1.82) is 0 Å². The number of hydrogen-bond acceptors (Lipinski definition) is 5. The lowest BCUT2D eigenvalue weighted by Crippen LogP contribution is -2.50. The molecule has 1 unspecified atom stereocenters. The molecule has 0 spiro atoms. The van der Waals surface area contributed by atoms with Crippen LogP contribution in [-0.2, 0) is 13.6 Å². The van der Waals surface area contributed by atoms with Crippen LogP contribution < -0.4 is 0 Å². The molecule has 1 atom stereocenters. The van der Waals surface area contributed by atoms with Crippen LogP contribution in [0.5, 0.6) is 0 Å². The van der Waals surface area contributed by atoms with E-state index in [2.05, 4.69) is 27.0 Å². The van der Waals surface area contributed by atoms with Crippen molar-refractivity contribution in [3.05, 3.63) is 11.9 Å². The molecule has 102 valence electrons. The van der Waals surface area contributed by atoms with Gasteiger partial charge in [-0.1, -0.05) is 12.1 Å². The first-order valence-electron chi connectivity index (χ1n) is 6.65. The van der Waals surface area contributed by atoms with E-state index in [9.17, 15) is 5.11 Å². The fourth-order valence-electron chi connectivity index (χ4n) is 2.47. The third-order valence-corrected chi connectivity index (χ3v) is 3.80. The first-order chi connectivity index (χ1) is 8.74. The molecule has 1 aliphatic rings. The summed E-state index contributed by atoms with van der Waals surface area (Å²) in [4.78, 5) is 4.80. The second-order valence-electron chi connectivity index (χ2n) is 4.91. The molecule has 0 radical (unpaired) electrons. The molecule has 18 heavy (non-hydrogen) atoms. The highest BCUT2D eigenvalue weighted by atomic mass is 16.3. The lowest BCUT2D eigenvalue weighted by atomic mass is 10.1. The Kier molecular flexibility index (Phi) is 4.68. The smallest absolute Gasteiger partial charge is 0.0738 e. The summed E-state index contributed by atoms with van der Waals surface area (Å²) in [5, 5.41) is 17.2. The van der Waals surface area contributed by atoms with Crippen LogP contribution in [0.15, 0.2) is 6.20 Å². The summed E-state index contributed by atoms with van der Waals surface area (Å²) < 4.78 is 1.83. The van der Waals surface area contributed by atoms with E-state index in [1.165, 1.54) is 0 Å². The number of aliphatic hydroxyl groups is 1. The summed E-state index contributed by atoms with van der Waals surface area (Å²) in [7, 11) is 1.93. The zero-order valence-corrected chi connectivity index (χ0v) is 11.3. The topological polar surface area (TPSA) is 57.4 Å². The Morgan fingerprint density at radius 1 is 1.33 bits per heavy atom. The molecule has 0 amide bonds. The van der Waals surface area contributed by atoms with Crippen molar-refractivity contribution in [3.63, 3.8) is 0 Å². The van der Waals surface area contributed by atoms with Crippen LogP contribution >= 0.6 is 0 Å². The second-order valence-corrected chi connectivity index (χ2v) is 4.91. The van der Waals surface area contributed by atoms with Crippen molar-refractivity contribution >= 4 is 0 Å². The highest BCUT2D eigenvalue weighted by Crippen LogP contribution is 2.11. The Bertz CT molecular complexity index is 355. The fraction of sp³-hybridized carbons (Fsp3) is 0.833. The van der Waals surface area contributed by atoms with E-state index in [0.717, 1.165) is 44.8 Å². The van der Waals surface area contributed by atoms with Gasteiger partial charge in [0.1, 0.15) is 0 Å². The van der Waals surface area contributed by atoms with Gasteiger partial charge < -0.3 is 5.11 Å². The van der Waals surface area contributed by atoms with Crippen LogP contribution in [-0.4, -0.2) is 68.7 Å². The average molecular weight is 253 g/mol. The molecular weight excluding hydrogens is 230 g/mol. The SMILES string of the molecule is CCC(CO)N1CCN(Cc2cnnn2C)CC1. The van der Waals surface area contributed by atoms with Crippen LogP contribution in [0.1, 0.15) is 19.0 Å². The van der Waals surface area contributed by atoms with Gasteiger partial charge in [0.15, 0.2) is 0 Å². The Balaban J connectivity index is 1.82. The van der Waals surface area contributed by atoms with E-state index < -0.39 is 0 Å². The van der Waals surface area contributed by atoms with Crippen molar-refractivity contribution in [1.82, 2.24) is 24.8 Å². The van der Waals surface area contributed by atoms with Crippen molar-refractivity contribution in [3.8, 4) is 0 Å². The molecule has 1 aromatic rings. The van der Waals surface area contributed by atoms with Gasteiger partial charge in [-0.3, -0.25) is 14.5 Å². The van der Waals surface area contributed by atoms with Gasteiger partial charge >= 0.3 is 0 Å². The molecule has 0 saturated carbocycles. The highest BCUT2D eigenvalue weighted by molar-refractivity contribution is 4.94. The Hall–Kier alpha value is -0.980. The van der Waals surface area contributed by atoms with Crippen molar-refractivity contribution in [2.45, 2.75) is 25.9 Å². The summed E-state index contributed by atoms with van der Waals surface area (Å²) in [6.07, 6.45) is 2.84. The van der Waals surface area contributed by atoms with Gasteiger partial charge in [0, 0.05) is 45.8 Å². The van der Waals surface area contributed by atoms with Crippen LogP contribution in [0.2, 0.25) is 0 Å². The molecule has 0 aliphatic carbocycles. The zero-order chi connectivity index (χ0) is 13.0. The van der Waals surface area contributed by atoms with Crippen LogP contribution in [0.4, 0.5) is 0 Å². The summed E-state index contributed by atoms with van der Waals surface area (Å²) in [6.45, 7) is 7.46. The molecular formula is C12H23N5O. The summed E-state index contributed by atoms with van der Waals surface area (Å²) in [6, 6.07) is 0.325. The maximum Gasteiger partial charge on any atom is 0.0738 e. The normalized spacial score (nSPS) is 20.2. The molecule has 0 bridgehead atoms. The number of aliphatic hydroxyl groups excluding tert-OH is 1. The summed E-state index contributed by atoms with van der Waals surface area (Å²) in [5.41, 5.74) is 1.15. The summed E-state index contributed by atoms with van der Waals surface area (Å²) in [5.74, 6) is 0. The third kappa shape index (κ3) is 3.07. The van der Waals surface area contributed by atoms with Gasteiger partial charge in [-0.15, -0.1) is 5.10 Å². The quantitative estimate of drug-likeness (QED) is 0.781. The largest absolute Gasteiger partial charge is 0.395 e. The Morgan fingerprint density at radius 2 is 2.06 bits per heavy atom. The van der Waals surface area contributed by atoms with Crippen LogP contribution in [0, 0.1) is 0 Å². The van der Waals surface area contributed by atoms with Crippen LogP contribution in [0.25, 0.3) is 0 Å². The first-order valence-corrected chi connectivity index (χ1v) is 6.65. The van der Waals surface area contributed by atoms with Gasteiger partial charge in [0.05, 0.1) is 18.5 Å². The zero-order valence-electron chi connectivity index (χ0n) is 11.3. The van der Waals surface area contributed by atoms with E-state index in [1.807, 2.05) is 17.9 Å². The summed E-state index contributed by atoms with van der Waals surface area (Å²) >= 11 is 0. The molecule has 6 heteroatoms. The predicted octanol–water partition coefficient (Wildman–Crippen LogP) is -0.296. The Labute approximate surface area is 108 Å². The van der Waals surface area contributed by atoms with Gasteiger partial charge in [-0.25, -0.2) is 0 Å². The minimum absolute atomic E-state index is 0.266. The second kappa shape index (κ2) is 6.26. The highest BCUT2D eigenvalue weighted by Gasteiger charge is 2.22. The average Bonchev–Trinajstić information content (AvgIpc) is 2.79. The molecule has 1 fully saturated rings. The lowest BCUT2D eigenvalue weighted by molar-refractivity contribution is 0.0599. The fourth-order valence-corrected chi connectivity index (χ4v) is 2.47. The molecule has 0 aromatic carbocycles. The van der Waals surface area contributed by atoms with E-state index in [-0.39, 0.29) is 6.61 Å². The lowest BCUT2D eigenvalue weighted by Gasteiger charge is -2.38. The Morgan fingerprint density at radius 3 is 2.56 bits per heavy atom. The number of piperazine rings is 1. The number of aromatic nitrogens is 3. The van der Waals surface area contributed by atoms with E-state index in [0.29, 0.717) is 6.04 Å². The van der Waals surface area contributed by atoms with Crippen molar-refractivity contribution in [2.24, 2.45) is 7.05 Å². The molecule has 1 aliphatic heterocycles.